The summed E-state index contributed by atoms with van der Waals surface area (Å²) in [6.07, 6.45) is 1.77. The topological polar surface area (TPSA) is 72.9 Å². The molecular formula is C18H19N3O4. The van der Waals surface area contributed by atoms with E-state index in [2.05, 4.69) is 15.2 Å². The van der Waals surface area contributed by atoms with Crippen LogP contribution in [0.5, 0.6) is 11.5 Å². The Hall–Kier alpha value is -2.80. The molecule has 0 unspecified atom stereocenters. The molecule has 130 valence electrons. The van der Waals surface area contributed by atoms with Crippen LogP contribution in [0.25, 0.3) is 0 Å². The van der Waals surface area contributed by atoms with Gasteiger partial charge in [-0.25, -0.2) is 4.98 Å². The van der Waals surface area contributed by atoms with E-state index in [0.717, 1.165) is 24.5 Å². The van der Waals surface area contributed by atoms with Crippen molar-refractivity contribution in [2.24, 2.45) is 0 Å². The van der Waals surface area contributed by atoms with Crippen molar-refractivity contribution < 1.29 is 19.0 Å². The number of ether oxygens (including phenoxy) is 3. The van der Waals surface area contributed by atoms with Crippen LogP contribution in [0.15, 0.2) is 36.5 Å². The lowest BCUT2D eigenvalue weighted by atomic mass is 10.2. The molecule has 0 radical (unpaired) electrons. The fourth-order valence-corrected chi connectivity index (χ4v) is 2.86. The molecule has 1 amide bonds. The third-order valence-corrected chi connectivity index (χ3v) is 4.23. The Kier molecular flexibility index (Phi) is 4.39. The van der Waals surface area contributed by atoms with Crippen molar-refractivity contribution in [1.82, 2.24) is 10.3 Å². The third-order valence-electron chi connectivity index (χ3n) is 4.23. The van der Waals surface area contributed by atoms with Crippen molar-refractivity contribution in [3.63, 3.8) is 0 Å². The Bertz CT molecular complexity index is 775. The quantitative estimate of drug-likeness (QED) is 0.910. The number of hydrogen-bond donors (Lipinski definition) is 1. The van der Waals surface area contributed by atoms with Gasteiger partial charge in [-0.05, 0) is 35.9 Å². The van der Waals surface area contributed by atoms with Gasteiger partial charge in [-0.2, -0.15) is 0 Å². The van der Waals surface area contributed by atoms with Crippen LogP contribution >= 0.6 is 0 Å². The Labute approximate surface area is 145 Å². The second kappa shape index (κ2) is 6.98. The summed E-state index contributed by atoms with van der Waals surface area (Å²) in [6.45, 7) is 3.73. The number of pyridine rings is 1. The maximum atomic E-state index is 12.4. The predicted octanol–water partition coefficient (Wildman–Crippen LogP) is 1.58. The number of anilines is 1. The van der Waals surface area contributed by atoms with Gasteiger partial charge in [0.15, 0.2) is 11.5 Å². The number of carbonyl (C=O) groups excluding carboxylic acids is 1. The lowest BCUT2D eigenvalue weighted by Crippen LogP contribution is -2.36. The average molecular weight is 341 g/mol. The summed E-state index contributed by atoms with van der Waals surface area (Å²) in [5, 5.41) is 2.93. The van der Waals surface area contributed by atoms with E-state index in [1.165, 1.54) is 0 Å². The van der Waals surface area contributed by atoms with E-state index < -0.39 is 0 Å². The number of fused-ring (bicyclic) bond motifs is 1. The van der Waals surface area contributed by atoms with Crippen LogP contribution in [-0.2, 0) is 11.3 Å². The zero-order chi connectivity index (χ0) is 17.1. The van der Waals surface area contributed by atoms with Crippen LogP contribution in [0, 0.1) is 0 Å². The van der Waals surface area contributed by atoms with Crippen molar-refractivity contribution in [3.05, 3.63) is 47.7 Å². The van der Waals surface area contributed by atoms with Crippen molar-refractivity contribution in [1.29, 1.82) is 0 Å². The minimum Gasteiger partial charge on any atom is -0.454 e. The van der Waals surface area contributed by atoms with Crippen molar-refractivity contribution in [2.45, 2.75) is 6.54 Å². The monoisotopic (exact) mass is 341 g/mol. The van der Waals surface area contributed by atoms with Gasteiger partial charge in [0.1, 0.15) is 5.82 Å². The number of aromatic nitrogens is 1. The summed E-state index contributed by atoms with van der Waals surface area (Å²) in [6, 6.07) is 9.09. The van der Waals surface area contributed by atoms with Crippen molar-refractivity contribution in [3.8, 4) is 11.5 Å². The van der Waals surface area contributed by atoms with Gasteiger partial charge in [0.2, 0.25) is 6.79 Å². The number of carbonyl (C=O) groups is 1. The maximum absolute atomic E-state index is 12.4. The highest BCUT2D eigenvalue weighted by atomic mass is 16.7. The molecule has 0 saturated carbocycles. The van der Waals surface area contributed by atoms with Gasteiger partial charge >= 0.3 is 0 Å². The predicted molar refractivity (Wildman–Crippen MR) is 91.0 cm³/mol. The Morgan fingerprint density at radius 1 is 1.12 bits per heavy atom. The summed E-state index contributed by atoms with van der Waals surface area (Å²) in [7, 11) is 0. The molecule has 2 aliphatic rings. The van der Waals surface area contributed by atoms with Gasteiger partial charge in [-0.3, -0.25) is 4.79 Å². The number of benzene rings is 1. The molecule has 0 atom stereocenters. The summed E-state index contributed by atoms with van der Waals surface area (Å²) >= 11 is 0. The third kappa shape index (κ3) is 3.51. The fourth-order valence-electron chi connectivity index (χ4n) is 2.86. The van der Waals surface area contributed by atoms with Gasteiger partial charge in [-0.15, -0.1) is 0 Å². The molecule has 0 bridgehead atoms. The molecule has 25 heavy (non-hydrogen) atoms. The highest BCUT2D eigenvalue weighted by Gasteiger charge is 2.16. The highest BCUT2D eigenvalue weighted by molar-refractivity contribution is 5.94. The molecule has 2 aliphatic heterocycles. The molecule has 1 aromatic heterocycles. The number of nitrogens with one attached hydrogen (secondary N) is 1. The molecule has 7 heteroatoms. The highest BCUT2D eigenvalue weighted by Crippen LogP contribution is 2.32. The van der Waals surface area contributed by atoms with E-state index >= 15 is 0 Å². The maximum Gasteiger partial charge on any atom is 0.251 e. The van der Waals surface area contributed by atoms with E-state index in [4.69, 9.17) is 14.2 Å². The van der Waals surface area contributed by atoms with E-state index in [1.807, 2.05) is 12.1 Å². The summed E-state index contributed by atoms with van der Waals surface area (Å²) in [5.74, 6) is 2.04. The number of hydrogen-bond acceptors (Lipinski definition) is 6. The zero-order valence-electron chi connectivity index (χ0n) is 13.7. The number of rotatable bonds is 4. The minimum absolute atomic E-state index is 0.150. The molecule has 0 spiro atoms. The number of morpholine rings is 1. The SMILES string of the molecule is O=C(NCc1ccnc(N2CCOCC2)c1)c1ccc2c(c1)OCO2. The second-order valence-corrected chi connectivity index (χ2v) is 5.87. The van der Waals surface area contributed by atoms with Gasteiger partial charge in [0.25, 0.3) is 5.91 Å². The summed E-state index contributed by atoms with van der Waals surface area (Å²) < 4.78 is 15.9. The standard InChI is InChI=1S/C18H19N3O4/c22-18(14-1-2-15-16(10-14)25-12-24-15)20-11-13-3-4-19-17(9-13)21-5-7-23-8-6-21/h1-4,9-10H,5-8,11-12H2,(H,20,22). The van der Waals surface area contributed by atoms with Gasteiger partial charge < -0.3 is 24.4 Å². The number of nitrogens with zero attached hydrogens (tertiary/aromatic N) is 2. The lowest BCUT2D eigenvalue weighted by molar-refractivity contribution is 0.0950. The first kappa shape index (κ1) is 15.7. The molecule has 4 rings (SSSR count). The first-order chi connectivity index (χ1) is 12.3. The van der Waals surface area contributed by atoms with Crippen molar-refractivity contribution >= 4 is 11.7 Å². The molecule has 1 saturated heterocycles. The van der Waals surface area contributed by atoms with Gasteiger partial charge in [0, 0.05) is 31.4 Å². The fraction of sp³-hybridized carbons (Fsp3) is 0.333. The second-order valence-electron chi connectivity index (χ2n) is 5.87. The summed E-state index contributed by atoms with van der Waals surface area (Å²) in [5.41, 5.74) is 1.55. The number of amides is 1. The van der Waals surface area contributed by atoms with Crippen LogP contribution in [0.3, 0.4) is 0 Å². The van der Waals surface area contributed by atoms with Crippen LogP contribution < -0.4 is 19.7 Å². The van der Waals surface area contributed by atoms with Crippen LogP contribution in [0.2, 0.25) is 0 Å². The van der Waals surface area contributed by atoms with Crippen LogP contribution in [-0.4, -0.2) is 44.0 Å². The first-order valence-corrected chi connectivity index (χ1v) is 8.25. The Morgan fingerprint density at radius 3 is 2.84 bits per heavy atom. The van der Waals surface area contributed by atoms with Gasteiger partial charge in [0.05, 0.1) is 13.2 Å². The minimum atomic E-state index is -0.150. The molecule has 3 heterocycles. The zero-order valence-corrected chi connectivity index (χ0v) is 13.7. The molecule has 1 fully saturated rings. The van der Waals surface area contributed by atoms with E-state index in [0.29, 0.717) is 36.8 Å². The van der Waals surface area contributed by atoms with Gasteiger partial charge in [-0.1, -0.05) is 0 Å². The average Bonchev–Trinajstić information content (AvgIpc) is 3.15. The Balaban J connectivity index is 1.40. The molecular weight excluding hydrogens is 322 g/mol. The lowest BCUT2D eigenvalue weighted by Gasteiger charge is -2.28. The first-order valence-electron chi connectivity index (χ1n) is 8.25. The van der Waals surface area contributed by atoms with E-state index in [1.54, 1.807) is 24.4 Å². The van der Waals surface area contributed by atoms with E-state index in [9.17, 15) is 4.79 Å². The Morgan fingerprint density at radius 2 is 1.96 bits per heavy atom. The molecule has 7 nitrogen and oxygen atoms in total. The molecule has 1 N–H and O–H groups in total. The largest absolute Gasteiger partial charge is 0.454 e. The van der Waals surface area contributed by atoms with Crippen LogP contribution in [0.4, 0.5) is 5.82 Å². The molecule has 1 aromatic carbocycles. The van der Waals surface area contributed by atoms with Crippen LogP contribution in [0.1, 0.15) is 15.9 Å². The molecule has 2 aromatic rings. The normalized spacial score (nSPS) is 15.9. The van der Waals surface area contributed by atoms with Crippen molar-refractivity contribution in [2.75, 3.05) is 38.0 Å². The molecule has 0 aliphatic carbocycles. The van der Waals surface area contributed by atoms with E-state index in [-0.39, 0.29) is 12.7 Å². The summed E-state index contributed by atoms with van der Waals surface area (Å²) in [4.78, 5) is 19.0. The smallest absolute Gasteiger partial charge is 0.251 e.